The van der Waals surface area contributed by atoms with Crippen molar-refractivity contribution < 1.29 is 4.74 Å². The van der Waals surface area contributed by atoms with Crippen LogP contribution in [0.4, 0.5) is 0 Å². The predicted octanol–water partition coefficient (Wildman–Crippen LogP) is 2.53. The van der Waals surface area contributed by atoms with Crippen LogP contribution in [0.25, 0.3) is 0 Å². The first kappa shape index (κ1) is 13.3. The van der Waals surface area contributed by atoms with E-state index in [1.807, 2.05) is 18.2 Å². The molecule has 4 nitrogen and oxygen atoms in total. The van der Waals surface area contributed by atoms with Gasteiger partial charge in [-0.25, -0.2) is 4.99 Å². The average molecular weight is 273 g/mol. The molecule has 0 unspecified atom stereocenters. The van der Waals surface area contributed by atoms with Crippen LogP contribution in [-0.2, 0) is 6.54 Å². The standard InChI is InChI=1S/C16H23N3O/c17-16(18-14-7-2-1-3-8-14)19-10-11-20-15-9-5-4-6-13(15)12-19/h4-6,9,14H,1-3,7-8,10-12H2,(H2,17,18). The number of hydrogen-bond donors (Lipinski definition) is 1. The summed E-state index contributed by atoms with van der Waals surface area (Å²) < 4.78 is 5.77. The van der Waals surface area contributed by atoms with Crippen LogP contribution >= 0.6 is 0 Å². The zero-order valence-corrected chi connectivity index (χ0v) is 11.9. The Morgan fingerprint density at radius 2 is 2.00 bits per heavy atom. The normalized spacial score (nSPS) is 21.0. The largest absolute Gasteiger partial charge is 0.491 e. The van der Waals surface area contributed by atoms with Crippen LogP contribution < -0.4 is 10.5 Å². The van der Waals surface area contributed by atoms with Crippen LogP contribution in [0.5, 0.6) is 5.75 Å². The van der Waals surface area contributed by atoms with E-state index in [9.17, 15) is 0 Å². The Kier molecular flexibility index (Phi) is 4.09. The van der Waals surface area contributed by atoms with E-state index in [1.165, 1.54) is 37.7 Å². The molecule has 0 amide bonds. The van der Waals surface area contributed by atoms with E-state index in [-0.39, 0.29) is 0 Å². The summed E-state index contributed by atoms with van der Waals surface area (Å²) in [6, 6.07) is 8.59. The molecule has 2 aliphatic rings. The summed E-state index contributed by atoms with van der Waals surface area (Å²) >= 11 is 0. The summed E-state index contributed by atoms with van der Waals surface area (Å²) in [6.45, 7) is 2.26. The maximum atomic E-state index is 6.23. The van der Waals surface area contributed by atoms with Gasteiger partial charge < -0.3 is 15.4 Å². The molecule has 0 aromatic heterocycles. The zero-order chi connectivity index (χ0) is 13.8. The Balaban J connectivity index is 1.71. The van der Waals surface area contributed by atoms with E-state index in [0.29, 0.717) is 18.6 Å². The van der Waals surface area contributed by atoms with Crippen molar-refractivity contribution in [2.45, 2.75) is 44.7 Å². The molecule has 1 aliphatic carbocycles. The van der Waals surface area contributed by atoms with Crippen molar-refractivity contribution in [1.29, 1.82) is 0 Å². The molecule has 0 atom stereocenters. The van der Waals surface area contributed by atoms with Gasteiger partial charge in [0.1, 0.15) is 12.4 Å². The second-order valence-corrected chi connectivity index (χ2v) is 5.66. The van der Waals surface area contributed by atoms with E-state index in [4.69, 9.17) is 15.5 Å². The molecule has 1 fully saturated rings. The molecule has 0 bridgehead atoms. The molecule has 1 aliphatic heterocycles. The Labute approximate surface area is 120 Å². The van der Waals surface area contributed by atoms with Gasteiger partial charge in [-0.05, 0) is 18.9 Å². The number of aliphatic imine (C=N–C) groups is 1. The lowest BCUT2D eigenvalue weighted by Crippen LogP contribution is -2.39. The van der Waals surface area contributed by atoms with Crippen molar-refractivity contribution in [3.63, 3.8) is 0 Å². The van der Waals surface area contributed by atoms with Gasteiger partial charge in [-0.3, -0.25) is 0 Å². The molecular weight excluding hydrogens is 250 g/mol. The average Bonchev–Trinajstić information content (AvgIpc) is 2.70. The third-order valence-electron chi connectivity index (χ3n) is 4.17. The van der Waals surface area contributed by atoms with Crippen molar-refractivity contribution in [2.24, 2.45) is 10.7 Å². The molecule has 2 N–H and O–H groups in total. The molecule has 108 valence electrons. The molecule has 4 heteroatoms. The number of hydrogen-bond acceptors (Lipinski definition) is 2. The highest BCUT2D eigenvalue weighted by molar-refractivity contribution is 5.78. The van der Waals surface area contributed by atoms with Crippen molar-refractivity contribution in [2.75, 3.05) is 13.2 Å². The van der Waals surface area contributed by atoms with Crippen LogP contribution in [0, 0.1) is 0 Å². The first-order valence-electron chi connectivity index (χ1n) is 7.62. The van der Waals surface area contributed by atoms with Gasteiger partial charge >= 0.3 is 0 Å². The highest BCUT2D eigenvalue weighted by Gasteiger charge is 2.18. The van der Waals surface area contributed by atoms with Gasteiger partial charge in [0.05, 0.1) is 12.6 Å². The minimum atomic E-state index is 0.420. The number of guanidine groups is 1. The van der Waals surface area contributed by atoms with Crippen LogP contribution in [0.2, 0.25) is 0 Å². The second-order valence-electron chi connectivity index (χ2n) is 5.66. The van der Waals surface area contributed by atoms with Gasteiger partial charge in [-0.1, -0.05) is 37.5 Å². The van der Waals surface area contributed by atoms with Crippen LogP contribution in [0.15, 0.2) is 29.3 Å². The zero-order valence-electron chi connectivity index (χ0n) is 11.9. The van der Waals surface area contributed by atoms with E-state index < -0.39 is 0 Å². The molecule has 1 heterocycles. The molecule has 1 saturated carbocycles. The lowest BCUT2D eigenvalue weighted by Gasteiger charge is -2.24. The third kappa shape index (κ3) is 3.06. The van der Waals surface area contributed by atoms with Gasteiger partial charge in [-0.15, -0.1) is 0 Å². The summed E-state index contributed by atoms with van der Waals surface area (Å²) in [5.74, 6) is 1.65. The molecule has 20 heavy (non-hydrogen) atoms. The lowest BCUT2D eigenvalue weighted by atomic mass is 9.96. The van der Waals surface area contributed by atoms with E-state index in [0.717, 1.165) is 18.8 Å². The molecule has 1 aromatic carbocycles. The summed E-state index contributed by atoms with van der Waals surface area (Å²) in [4.78, 5) is 6.88. The maximum Gasteiger partial charge on any atom is 0.191 e. The van der Waals surface area contributed by atoms with Crippen LogP contribution in [0.3, 0.4) is 0 Å². The smallest absolute Gasteiger partial charge is 0.191 e. The molecule has 0 saturated heterocycles. The number of fused-ring (bicyclic) bond motifs is 1. The second kappa shape index (κ2) is 6.16. The number of rotatable bonds is 1. The number of nitrogens with zero attached hydrogens (tertiary/aromatic N) is 2. The molecular formula is C16H23N3O. The predicted molar refractivity (Wildman–Crippen MR) is 80.8 cm³/mol. The Bertz CT molecular complexity index is 480. The third-order valence-corrected chi connectivity index (χ3v) is 4.17. The van der Waals surface area contributed by atoms with E-state index in [1.54, 1.807) is 0 Å². The Hall–Kier alpha value is -1.71. The van der Waals surface area contributed by atoms with Crippen molar-refractivity contribution in [3.05, 3.63) is 29.8 Å². The van der Waals surface area contributed by atoms with Gasteiger partial charge in [0.25, 0.3) is 0 Å². The fraction of sp³-hybridized carbons (Fsp3) is 0.562. The summed E-state index contributed by atoms with van der Waals surface area (Å²) in [5, 5.41) is 0. The van der Waals surface area contributed by atoms with Crippen molar-refractivity contribution in [3.8, 4) is 5.75 Å². The summed E-state index contributed by atoms with van der Waals surface area (Å²) in [5.41, 5.74) is 7.41. The Morgan fingerprint density at radius 1 is 1.20 bits per heavy atom. The fourth-order valence-corrected chi connectivity index (χ4v) is 3.00. The Morgan fingerprint density at radius 3 is 2.85 bits per heavy atom. The van der Waals surface area contributed by atoms with Crippen molar-refractivity contribution in [1.82, 2.24) is 4.90 Å². The maximum absolute atomic E-state index is 6.23. The highest BCUT2D eigenvalue weighted by atomic mass is 16.5. The first-order valence-corrected chi connectivity index (χ1v) is 7.62. The molecule has 3 rings (SSSR count). The molecule has 1 aromatic rings. The van der Waals surface area contributed by atoms with Gasteiger partial charge in [0.15, 0.2) is 5.96 Å². The topological polar surface area (TPSA) is 50.8 Å². The number of ether oxygens (including phenoxy) is 1. The SMILES string of the molecule is NC(=NC1CCCCC1)N1CCOc2ccccc2C1. The minimum absolute atomic E-state index is 0.420. The monoisotopic (exact) mass is 273 g/mol. The first-order chi connectivity index (χ1) is 9.83. The fourth-order valence-electron chi connectivity index (χ4n) is 3.00. The van der Waals surface area contributed by atoms with Crippen LogP contribution in [-0.4, -0.2) is 30.1 Å². The summed E-state index contributed by atoms with van der Waals surface area (Å²) in [6.07, 6.45) is 6.28. The van der Waals surface area contributed by atoms with Crippen molar-refractivity contribution >= 4 is 5.96 Å². The number of para-hydroxylation sites is 1. The van der Waals surface area contributed by atoms with Gasteiger partial charge in [-0.2, -0.15) is 0 Å². The number of nitrogens with two attached hydrogens (primary N) is 1. The quantitative estimate of drug-likeness (QED) is 0.632. The number of benzene rings is 1. The van der Waals surface area contributed by atoms with E-state index >= 15 is 0 Å². The summed E-state index contributed by atoms with van der Waals surface area (Å²) in [7, 11) is 0. The molecule has 0 spiro atoms. The van der Waals surface area contributed by atoms with Crippen LogP contribution in [0.1, 0.15) is 37.7 Å². The minimum Gasteiger partial charge on any atom is -0.491 e. The molecule has 0 radical (unpaired) electrons. The van der Waals surface area contributed by atoms with Gasteiger partial charge in [0.2, 0.25) is 0 Å². The highest BCUT2D eigenvalue weighted by Crippen LogP contribution is 2.23. The van der Waals surface area contributed by atoms with Gasteiger partial charge in [0, 0.05) is 12.1 Å². The lowest BCUT2D eigenvalue weighted by molar-refractivity contribution is 0.287. The van der Waals surface area contributed by atoms with E-state index in [2.05, 4.69) is 11.0 Å².